The first-order chi connectivity index (χ1) is 30.5. The number of hydrogen-bond acceptors (Lipinski definition) is 5. The van der Waals surface area contributed by atoms with E-state index in [1.165, 1.54) is 186 Å². The lowest BCUT2D eigenvalue weighted by Gasteiger charge is -2.20. The molecule has 0 saturated heterocycles. The van der Waals surface area contributed by atoms with Crippen LogP contribution in [0.5, 0.6) is 0 Å². The molecule has 2 unspecified atom stereocenters. The molecule has 364 valence electrons. The van der Waals surface area contributed by atoms with Gasteiger partial charge in [-0.1, -0.05) is 243 Å². The first kappa shape index (κ1) is 60.1. The lowest BCUT2D eigenvalue weighted by molar-refractivity contribution is -0.143. The van der Waals surface area contributed by atoms with E-state index >= 15 is 0 Å². The minimum Gasteiger partial charge on any atom is -0.466 e. The van der Waals surface area contributed by atoms with Crippen LogP contribution in [-0.2, 0) is 14.3 Å². The van der Waals surface area contributed by atoms with E-state index in [0.29, 0.717) is 19.4 Å². The number of aliphatic hydroxyl groups excluding tert-OH is 2. The number of allylic oxidation sites excluding steroid dienone is 5. The van der Waals surface area contributed by atoms with Crippen molar-refractivity contribution in [1.29, 1.82) is 0 Å². The molecule has 0 aromatic heterocycles. The van der Waals surface area contributed by atoms with Crippen LogP contribution in [0, 0.1) is 0 Å². The summed E-state index contributed by atoms with van der Waals surface area (Å²) in [5.74, 6) is -0.136. The predicted molar refractivity (Wildman–Crippen MR) is 269 cm³/mol. The lowest BCUT2D eigenvalue weighted by Crippen LogP contribution is -2.45. The normalized spacial score (nSPS) is 12.9. The monoisotopic (exact) mass is 872 g/mol. The van der Waals surface area contributed by atoms with Crippen molar-refractivity contribution in [1.82, 2.24) is 5.32 Å². The summed E-state index contributed by atoms with van der Waals surface area (Å²) in [4.78, 5) is 24.5. The van der Waals surface area contributed by atoms with E-state index in [4.69, 9.17) is 4.74 Å². The zero-order chi connectivity index (χ0) is 45.1. The SMILES string of the molecule is CCCCC/C=C\C/C=C\CCCCCCCC(=O)OCCCCCCCCCCCC(=O)NC(CO)C(O)/C=C/CCCCCCCCCCCCCCCCCCCCC. The van der Waals surface area contributed by atoms with Crippen molar-refractivity contribution in [3.8, 4) is 0 Å². The zero-order valence-corrected chi connectivity index (χ0v) is 41.4. The maximum absolute atomic E-state index is 12.5. The first-order valence-electron chi connectivity index (χ1n) is 27.3. The smallest absolute Gasteiger partial charge is 0.305 e. The number of esters is 1. The molecule has 6 heteroatoms. The van der Waals surface area contributed by atoms with E-state index in [0.717, 1.165) is 70.6 Å². The molecule has 0 aliphatic carbocycles. The van der Waals surface area contributed by atoms with Gasteiger partial charge in [0, 0.05) is 12.8 Å². The molecule has 2 atom stereocenters. The Morgan fingerprint density at radius 3 is 1.26 bits per heavy atom. The first-order valence-corrected chi connectivity index (χ1v) is 27.3. The minimum absolute atomic E-state index is 0.0411. The Bertz CT molecular complexity index is 1010. The molecule has 0 aromatic carbocycles. The Balaban J connectivity index is 3.54. The summed E-state index contributed by atoms with van der Waals surface area (Å²) in [7, 11) is 0. The van der Waals surface area contributed by atoms with Crippen LogP contribution in [0.4, 0.5) is 0 Å². The fourth-order valence-corrected chi connectivity index (χ4v) is 8.19. The molecule has 0 fully saturated rings. The maximum atomic E-state index is 12.5. The van der Waals surface area contributed by atoms with Crippen molar-refractivity contribution in [3.05, 3.63) is 36.5 Å². The highest BCUT2D eigenvalue weighted by Crippen LogP contribution is 2.16. The van der Waals surface area contributed by atoms with Gasteiger partial charge >= 0.3 is 5.97 Å². The molecule has 3 N–H and O–H groups in total. The van der Waals surface area contributed by atoms with Crippen LogP contribution in [0.1, 0.15) is 284 Å². The molecule has 0 bridgehead atoms. The molecular formula is C56H105NO5. The summed E-state index contributed by atoms with van der Waals surface area (Å²) in [6, 6.07) is -0.650. The number of nitrogens with one attached hydrogen (secondary N) is 1. The van der Waals surface area contributed by atoms with Gasteiger partial charge in [0.2, 0.25) is 5.91 Å². The Morgan fingerprint density at radius 1 is 0.452 bits per heavy atom. The molecule has 6 nitrogen and oxygen atoms in total. The van der Waals surface area contributed by atoms with Crippen molar-refractivity contribution < 1.29 is 24.5 Å². The summed E-state index contributed by atoms with van der Waals surface area (Å²) in [6.45, 7) is 4.81. The van der Waals surface area contributed by atoms with Gasteiger partial charge in [0.25, 0.3) is 0 Å². The quantitative estimate of drug-likeness (QED) is 0.0321. The lowest BCUT2D eigenvalue weighted by atomic mass is 10.0. The largest absolute Gasteiger partial charge is 0.466 e. The fourth-order valence-electron chi connectivity index (χ4n) is 8.19. The summed E-state index contributed by atoms with van der Waals surface area (Å²) in [5.41, 5.74) is 0. The number of ether oxygens (including phenoxy) is 1. The van der Waals surface area contributed by atoms with Crippen LogP contribution in [0.3, 0.4) is 0 Å². The molecule has 0 rings (SSSR count). The molecule has 0 spiro atoms. The average molecular weight is 872 g/mol. The third kappa shape index (κ3) is 47.6. The highest BCUT2D eigenvalue weighted by atomic mass is 16.5. The summed E-state index contributed by atoms with van der Waals surface area (Å²) in [5, 5.41) is 23.1. The number of aliphatic hydroxyl groups is 2. The van der Waals surface area contributed by atoms with E-state index in [1.807, 2.05) is 6.08 Å². The van der Waals surface area contributed by atoms with Crippen LogP contribution < -0.4 is 5.32 Å². The summed E-state index contributed by atoms with van der Waals surface area (Å²) >= 11 is 0. The third-order valence-corrected chi connectivity index (χ3v) is 12.4. The van der Waals surface area contributed by atoms with E-state index in [-0.39, 0.29) is 18.5 Å². The number of carbonyl (C=O) groups excluding carboxylic acids is 2. The molecular weight excluding hydrogens is 767 g/mol. The van der Waals surface area contributed by atoms with Gasteiger partial charge in [0.15, 0.2) is 0 Å². The average Bonchev–Trinajstić information content (AvgIpc) is 3.27. The molecule has 0 heterocycles. The van der Waals surface area contributed by atoms with Crippen LogP contribution in [0.25, 0.3) is 0 Å². The van der Waals surface area contributed by atoms with E-state index in [1.54, 1.807) is 6.08 Å². The number of carbonyl (C=O) groups is 2. The number of hydrogen-bond donors (Lipinski definition) is 3. The fraction of sp³-hybridized carbons (Fsp3) is 0.857. The molecule has 0 saturated carbocycles. The molecule has 62 heavy (non-hydrogen) atoms. The second kappa shape index (κ2) is 51.7. The molecule has 0 aromatic rings. The van der Waals surface area contributed by atoms with Gasteiger partial charge in [-0.3, -0.25) is 9.59 Å². The summed E-state index contributed by atoms with van der Waals surface area (Å²) in [6.07, 6.45) is 62.9. The molecule has 0 radical (unpaired) electrons. The second-order valence-electron chi connectivity index (χ2n) is 18.6. The molecule has 0 aliphatic heterocycles. The van der Waals surface area contributed by atoms with Crippen LogP contribution in [-0.4, -0.2) is 47.4 Å². The van der Waals surface area contributed by atoms with Gasteiger partial charge in [-0.25, -0.2) is 0 Å². The van der Waals surface area contributed by atoms with Crippen LogP contribution in [0.15, 0.2) is 36.5 Å². The minimum atomic E-state index is -0.864. The standard InChI is InChI=1S/C56H105NO5/c1-3-5-7-9-11-13-15-17-19-20-21-22-23-24-26-27-29-32-36-40-44-48-54(59)53(52-58)57-55(60)49-45-41-37-33-31-35-39-43-47-51-62-56(61)50-46-42-38-34-30-28-25-18-16-14-12-10-8-6-4-2/h12,14,18,25,44,48,53-54,58-59H,3-11,13,15-17,19-24,26-43,45-47,49-52H2,1-2H3,(H,57,60)/b14-12-,25-18-,48-44+. The van der Waals surface area contributed by atoms with Crippen molar-refractivity contribution in [2.24, 2.45) is 0 Å². The van der Waals surface area contributed by atoms with Gasteiger partial charge in [0.1, 0.15) is 0 Å². The zero-order valence-electron chi connectivity index (χ0n) is 41.4. The van der Waals surface area contributed by atoms with Gasteiger partial charge < -0.3 is 20.3 Å². The van der Waals surface area contributed by atoms with Crippen molar-refractivity contribution in [2.45, 2.75) is 296 Å². The Labute approximate surface area is 385 Å². The Hall–Kier alpha value is -1.92. The van der Waals surface area contributed by atoms with E-state index < -0.39 is 12.1 Å². The Kier molecular flexibility index (Phi) is 50.1. The highest BCUT2D eigenvalue weighted by molar-refractivity contribution is 5.76. The number of unbranched alkanes of at least 4 members (excludes halogenated alkanes) is 35. The van der Waals surface area contributed by atoms with E-state index in [9.17, 15) is 19.8 Å². The maximum Gasteiger partial charge on any atom is 0.305 e. The van der Waals surface area contributed by atoms with Gasteiger partial charge in [-0.15, -0.1) is 0 Å². The number of rotatable bonds is 50. The van der Waals surface area contributed by atoms with Gasteiger partial charge in [-0.05, 0) is 64.2 Å². The van der Waals surface area contributed by atoms with Crippen molar-refractivity contribution in [3.63, 3.8) is 0 Å². The van der Waals surface area contributed by atoms with Crippen molar-refractivity contribution >= 4 is 11.9 Å². The molecule has 1 amide bonds. The molecule has 0 aliphatic rings. The van der Waals surface area contributed by atoms with E-state index in [2.05, 4.69) is 43.5 Å². The van der Waals surface area contributed by atoms with Gasteiger partial charge in [-0.2, -0.15) is 0 Å². The summed E-state index contributed by atoms with van der Waals surface area (Å²) < 4.78 is 5.44. The second-order valence-corrected chi connectivity index (χ2v) is 18.6. The van der Waals surface area contributed by atoms with Crippen LogP contribution in [0.2, 0.25) is 0 Å². The topological polar surface area (TPSA) is 95.9 Å². The van der Waals surface area contributed by atoms with Crippen molar-refractivity contribution in [2.75, 3.05) is 13.2 Å². The van der Waals surface area contributed by atoms with Crippen LogP contribution >= 0.6 is 0 Å². The number of amides is 1. The Morgan fingerprint density at radius 2 is 0.806 bits per heavy atom. The predicted octanol–water partition coefficient (Wildman–Crippen LogP) is 16.5. The third-order valence-electron chi connectivity index (χ3n) is 12.4. The highest BCUT2D eigenvalue weighted by Gasteiger charge is 2.18. The van der Waals surface area contributed by atoms with Gasteiger partial charge in [0.05, 0.1) is 25.4 Å².